The highest BCUT2D eigenvalue weighted by molar-refractivity contribution is 5.78. The number of amides is 1. The lowest BCUT2D eigenvalue weighted by molar-refractivity contribution is -0.384. The van der Waals surface area contributed by atoms with Crippen LogP contribution in [-0.2, 0) is 17.8 Å². The Morgan fingerprint density at radius 2 is 2.00 bits per heavy atom. The average Bonchev–Trinajstić information content (AvgIpc) is 3.10. The van der Waals surface area contributed by atoms with E-state index in [1.54, 1.807) is 17.1 Å². The van der Waals surface area contributed by atoms with E-state index in [1.807, 2.05) is 30.3 Å². The van der Waals surface area contributed by atoms with Gasteiger partial charge in [-0.05, 0) is 23.8 Å². The molecule has 2 aromatic carbocycles. The maximum Gasteiger partial charge on any atom is 0.270 e. The Morgan fingerprint density at radius 3 is 2.73 bits per heavy atom. The van der Waals surface area contributed by atoms with Crippen LogP contribution in [0.1, 0.15) is 11.1 Å². The van der Waals surface area contributed by atoms with Crippen LogP contribution < -0.4 is 5.32 Å². The number of aromatic nitrogens is 2. The minimum Gasteiger partial charge on any atom is -0.508 e. The molecule has 0 bridgehead atoms. The average molecular weight is 352 g/mol. The third kappa shape index (κ3) is 4.04. The first-order valence-corrected chi connectivity index (χ1v) is 7.85. The molecule has 0 saturated carbocycles. The van der Waals surface area contributed by atoms with Crippen molar-refractivity contribution in [3.63, 3.8) is 0 Å². The second kappa shape index (κ2) is 7.47. The molecule has 0 fully saturated rings. The number of nitrogens with zero attached hydrogens (tertiary/aromatic N) is 3. The molecule has 0 saturated heterocycles. The van der Waals surface area contributed by atoms with Crippen molar-refractivity contribution in [3.8, 4) is 11.4 Å². The third-order valence-electron chi connectivity index (χ3n) is 3.77. The molecule has 26 heavy (non-hydrogen) atoms. The topological polar surface area (TPSA) is 110 Å². The molecule has 1 heterocycles. The summed E-state index contributed by atoms with van der Waals surface area (Å²) in [6, 6.07) is 13.2. The normalized spacial score (nSPS) is 10.5. The lowest BCUT2D eigenvalue weighted by atomic mass is 10.1. The molecule has 1 amide bonds. The standard InChI is InChI=1S/C18H16N4O4/c23-17-7-6-16(22(25)26)9-14(17)11-19-18(24)8-13-10-20-21(12-13)15-4-2-1-3-5-15/h1-7,9-10,12,23H,8,11H2,(H,19,24). The third-order valence-corrected chi connectivity index (χ3v) is 3.77. The molecule has 0 aliphatic carbocycles. The summed E-state index contributed by atoms with van der Waals surface area (Å²) >= 11 is 0. The first-order valence-electron chi connectivity index (χ1n) is 7.85. The lowest BCUT2D eigenvalue weighted by Crippen LogP contribution is -2.24. The second-order valence-corrected chi connectivity index (χ2v) is 5.65. The Hall–Kier alpha value is -3.68. The number of para-hydroxylation sites is 1. The van der Waals surface area contributed by atoms with Gasteiger partial charge in [0.1, 0.15) is 5.75 Å². The van der Waals surface area contributed by atoms with Crippen LogP contribution in [0.2, 0.25) is 0 Å². The highest BCUT2D eigenvalue weighted by atomic mass is 16.6. The first kappa shape index (κ1) is 17.2. The number of carbonyl (C=O) groups is 1. The smallest absolute Gasteiger partial charge is 0.270 e. The number of phenols is 1. The predicted molar refractivity (Wildman–Crippen MR) is 93.9 cm³/mol. The molecule has 1 aromatic heterocycles. The van der Waals surface area contributed by atoms with Gasteiger partial charge in [0, 0.05) is 30.4 Å². The Bertz CT molecular complexity index is 937. The van der Waals surface area contributed by atoms with E-state index in [-0.39, 0.29) is 35.9 Å². The number of non-ortho nitro benzene ring substituents is 1. The predicted octanol–water partition coefficient (Wildman–Crippen LogP) is 2.35. The van der Waals surface area contributed by atoms with E-state index >= 15 is 0 Å². The quantitative estimate of drug-likeness (QED) is 0.523. The molecule has 0 aliphatic heterocycles. The molecule has 0 radical (unpaired) electrons. The van der Waals surface area contributed by atoms with Gasteiger partial charge in [-0.1, -0.05) is 18.2 Å². The molecule has 0 unspecified atom stereocenters. The molecular formula is C18H16N4O4. The van der Waals surface area contributed by atoms with Crippen molar-refractivity contribution in [3.05, 3.63) is 82.2 Å². The van der Waals surface area contributed by atoms with Gasteiger partial charge in [0.15, 0.2) is 0 Å². The number of carbonyl (C=O) groups excluding carboxylic acids is 1. The van der Waals surface area contributed by atoms with Gasteiger partial charge in [-0.15, -0.1) is 0 Å². The monoisotopic (exact) mass is 352 g/mol. The number of aromatic hydroxyl groups is 1. The van der Waals surface area contributed by atoms with Crippen LogP contribution in [0.4, 0.5) is 5.69 Å². The number of rotatable bonds is 6. The van der Waals surface area contributed by atoms with Crippen molar-refractivity contribution in [1.29, 1.82) is 0 Å². The number of hydrogen-bond donors (Lipinski definition) is 2. The minimum absolute atomic E-state index is 0.000824. The fraction of sp³-hybridized carbons (Fsp3) is 0.111. The zero-order chi connectivity index (χ0) is 18.5. The summed E-state index contributed by atoms with van der Waals surface area (Å²) in [4.78, 5) is 22.3. The van der Waals surface area contributed by atoms with E-state index in [9.17, 15) is 20.0 Å². The van der Waals surface area contributed by atoms with Crippen LogP contribution >= 0.6 is 0 Å². The van der Waals surface area contributed by atoms with Crippen LogP contribution in [0.25, 0.3) is 5.69 Å². The van der Waals surface area contributed by atoms with Crippen LogP contribution in [0.15, 0.2) is 60.9 Å². The Kier molecular flexibility index (Phi) is 4.93. The summed E-state index contributed by atoms with van der Waals surface area (Å²) in [6.07, 6.45) is 3.49. The molecule has 8 heteroatoms. The van der Waals surface area contributed by atoms with Gasteiger partial charge in [0.2, 0.25) is 5.91 Å². The number of benzene rings is 2. The summed E-state index contributed by atoms with van der Waals surface area (Å²) < 4.78 is 1.68. The van der Waals surface area contributed by atoms with Crippen molar-refractivity contribution < 1.29 is 14.8 Å². The molecule has 3 aromatic rings. The number of nitrogens with one attached hydrogen (secondary N) is 1. The highest BCUT2D eigenvalue weighted by Crippen LogP contribution is 2.22. The number of hydrogen-bond acceptors (Lipinski definition) is 5. The van der Waals surface area contributed by atoms with E-state index in [2.05, 4.69) is 10.4 Å². The fourth-order valence-corrected chi connectivity index (χ4v) is 2.44. The summed E-state index contributed by atoms with van der Waals surface area (Å²) in [5, 5.41) is 27.4. The van der Waals surface area contributed by atoms with Gasteiger partial charge in [-0.2, -0.15) is 5.10 Å². The zero-order valence-corrected chi connectivity index (χ0v) is 13.7. The number of nitro groups is 1. The maximum absolute atomic E-state index is 12.1. The molecule has 0 atom stereocenters. The van der Waals surface area contributed by atoms with E-state index in [1.165, 1.54) is 18.2 Å². The zero-order valence-electron chi connectivity index (χ0n) is 13.7. The van der Waals surface area contributed by atoms with Gasteiger partial charge >= 0.3 is 0 Å². The van der Waals surface area contributed by atoms with Gasteiger partial charge in [0.25, 0.3) is 5.69 Å². The van der Waals surface area contributed by atoms with Crippen molar-refractivity contribution in [2.24, 2.45) is 0 Å². The first-order chi connectivity index (χ1) is 12.5. The molecular weight excluding hydrogens is 336 g/mol. The van der Waals surface area contributed by atoms with Gasteiger partial charge in [-0.3, -0.25) is 14.9 Å². The molecule has 3 rings (SSSR count). The van der Waals surface area contributed by atoms with Crippen molar-refractivity contribution in [2.75, 3.05) is 0 Å². The molecule has 0 spiro atoms. The van der Waals surface area contributed by atoms with Crippen molar-refractivity contribution in [2.45, 2.75) is 13.0 Å². The number of nitro benzene ring substituents is 1. The summed E-state index contributed by atoms with van der Waals surface area (Å²) in [5.41, 5.74) is 1.76. The lowest BCUT2D eigenvalue weighted by Gasteiger charge is -2.06. The molecule has 8 nitrogen and oxygen atoms in total. The van der Waals surface area contributed by atoms with Gasteiger partial charge in [0.05, 0.1) is 23.2 Å². The molecule has 0 aliphatic rings. The highest BCUT2D eigenvalue weighted by Gasteiger charge is 2.12. The van der Waals surface area contributed by atoms with Crippen LogP contribution in [0, 0.1) is 10.1 Å². The Morgan fingerprint density at radius 1 is 1.23 bits per heavy atom. The Balaban J connectivity index is 1.61. The van der Waals surface area contributed by atoms with Crippen molar-refractivity contribution >= 4 is 11.6 Å². The van der Waals surface area contributed by atoms with Crippen molar-refractivity contribution in [1.82, 2.24) is 15.1 Å². The molecule has 132 valence electrons. The largest absolute Gasteiger partial charge is 0.508 e. The van der Waals surface area contributed by atoms with E-state index in [0.717, 1.165) is 11.3 Å². The summed E-state index contributed by atoms with van der Waals surface area (Å²) in [5.74, 6) is -0.378. The van der Waals surface area contributed by atoms with Gasteiger partial charge < -0.3 is 10.4 Å². The summed E-state index contributed by atoms with van der Waals surface area (Å²) in [7, 11) is 0. The maximum atomic E-state index is 12.1. The van der Waals surface area contributed by atoms with Crippen LogP contribution in [0.5, 0.6) is 5.75 Å². The second-order valence-electron chi connectivity index (χ2n) is 5.65. The van der Waals surface area contributed by atoms with Crippen LogP contribution in [0.3, 0.4) is 0 Å². The molecule has 2 N–H and O–H groups in total. The number of phenolic OH excluding ortho intramolecular Hbond substituents is 1. The fourth-order valence-electron chi connectivity index (χ4n) is 2.44. The van der Waals surface area contributed by atoms with E-state index in [4.69, 9.17) is 0 Å². The van der Waals surface area contributed by atoms with E-state index in [0.29, 0.717) is 0 Å². The minimum atomic E-state index is -0.553. The van der Waals surface area contributed by atoms with E-state index < -0.39 is 4.92 Å². The van der Waals surface area contributed by atoms with Gasteiger partial charge in [-0.25, -0.2) is 4.68 Å². The van der Waals surface area contributed by atoms with Crippen LogP contribution in [-0.4, -0.2) is 25.7 Å². The SMILES string of the molecule is O=C(Cc1cnn(-c2ccccc2)c1)NCc1cc([N+](=O)[O-])ccc1O. The summed E-state index contributed by atoms with van der Waals surface area (Å²) in [6.45, 7) is -0.000824. The Labute approximate surface area is 148 Å².